The van der Waals surface area contributed by atoms with Gasteiger partial charge < -0.3 is 15.0 Å². The van der Waals surface area contributed by atoms with Crippen LogP contribution in [0.5, 0.6) is 0 Å². The van der Waals surface area contributed by atoms with E-state index in [1.165, 1.54) is 25.0 Å². The van der Waals surface area contributed by atoms with Gasteiger partial charge in [-0.3, -0.25) is 9.89 Å². The summed E-state index contributed by atoms with van der Waals surface area (Å²) in [6, 6.07) is 7.12. The molecule has 5 nitrogen and oxygen atoms in total. The number of aliphatic imine (C=N–C) groups is 1. The minimum atomic E-state index is -0.207. The molecule has 134 valence electrons. The molecule has 1 saturated heterocycles. The van der Waals surface area contributed by atoms with E-state index in [1.807, 2.05) is 19.2 Å². The molecule has 0 amide bonds. The zero-order valence-corrected chi connectivity index (χ0v) is 15.0. The number of rotatable bonds is 7. The first kappa shape index (κ1) is 18.7. The average Bonchev–Trinajstić information content (AvgIpc) is 3.03. The number of guanidine groups is 1. The normalized spacial score (nSPS) is 18.8. The molecule has 0 radical (unpaired) electrons. The van der Waals surface area contributed by atoms with Crippen molar-refractivity contribution < 1.29 is 9.13 Å². The summed E-state index contributed by atoms with van der Waals surface area (Å²) in [4.78, 5) is 8.90. The molecule has 1 fully saturated rings. The van der Waals surface area contributed by atoms with Crippen LogP contribution in [0, 0.1) is 5.82 Å². The largest absolute Gasteiger partial charge is 0.383 e. The lowest BCUT2D eigenvalue weighted by molar-refractivity contribution is 0.141. The van der Waals surface area contributed by atoms with Crippen LogP contribution in [0.25, 0.3) is 0 Å². The molecule has 1 atom stereocenters. The number of halogens is 1. The van der Waals surface area contributed by atoms with Gasteiger partial charge in [-0.05, 0) is 37.1 Å². The Kier molecular flexibility index (Phi) is 7.46. The van der Waals surface area contributed by atoms with E-state index in [4.69, 9.17) is 4.74 Å². The van der Waals surface area contributed by atoms with Crippen molar-refractivity contribution in [1.29, 1.82) is 0 Å². The standard InChI is InChI=1S/C18H29FN4O/c1-20-18(22(2)14-15-6-8-16(19)9-7-15)21-13-17-5-4-10-23(17)11-12-24-3/h6-9,17H,4-5,10-14H2,1-3H3,(H,20,21). The van der Waals surface area contributed by atoms with Crippen LogP contribution in [0.2, 0.25) is 0 Å². The lowest BCUT2D eigenvalue weighted by atomic mass is 10.2. The Balaban J connectivity index is 1.83. The highest BCUT2D eigenvalue weighted by Gasteiger charge is 2.24. The third-order valence-electron chi connectivity index (χ3n) is 4.48. The quantitative estimate of drug-likeness (QED) is 0.610. The molecule has 0 bridgehead atoms. The summed E-state index contributed by atoms with van der Waals surface area (Å²) in [7, 11) is 5.53. The monoisotopic (exact) mass is 336 g/mol. The van der Waals surface area contributed by atoms with E-state index in [0.717, 1.165) is 37.8 Å². The molecular weight excluding hydrogens is 307 g/mol. The summed E-state index contributed by atoms with van der Waals surface area (Å²) in [5.74, 6) is 0.652. The zero-order chi connectivity index (χ0) is 17.4. The number of likely N-dealkylation sites (tertiary alicyclic amines) is 1. The average molecular weight is 336 g/mol. The van der Waals surface area contributed by atoms with Crippen molar-refractivity contribution in [2.45, 2.75) is 25.4 Å². The summed E-state index contributed by atoms with van der Waals surface area (Å²) in [5, 5.41) is 3.47. The van der Waals surface area contributed by atoms with Gasteiger partial charge in [-0.2, -0.15) is 0 Å². The van der Waals surface area contributed by atoms with Crippen molar-refractivity contribution >= 4 is 5.96 Å². The van der Waals surface area contributed by atoms with Crippen molar-refractivity contribution in [2.75, 3.05) is 47.4 Å². The summed E-state index contributed by atoms with van der Waals surface area (Å²) >= 11 is 0. The number of nitrogens with one attached hydrogen (secondary N) is 1. The molecule has 0 aliphatic carbocycles. The molecule has 1 heterocycles. The van der Waals surface area contributed by atoms with Crippen molar-refractivity contribution in [2.24, 2.45) is 4.99 Å². The zero-order valence-electron chi connectivity index (χ0n) is 15.0. The second-order valence-corrected chi connectivity index (χ2v) is 6.24. The van der Waals surface area contributed by atoms with Gasteiger partial charge in [0.15, 0.2) is 5.96 Å². The molecule has 1 aromatic carbocycles. The maximum atomic E-state index is 13.0. The van der Waals surface area contributed by atoms with Crippen molar-refractivity contribution in [1.82, 2.24) is 15.1 Å². The molecule has 6 heteroatoms. The van der Waals surface area contributed by atoms with E-state index >= 15 is 0 Å². The summed E-state index contributed by atoms with van der Waals surface area (Å²) < 4.78 is 18.2. The van der Waals surface area contributed by atoms with Gasteiger partial charge in [-0.25, -0.2) is 4.39 Å². The lowest BCUT2D eigenvalue weighted by Crippen LogP contribution is -2.45. The van der Waals surface area contributed by atoms with Crippen LogP contribution >= 0.6 is 0 Å². The summed E-state index contributed by atoms with van der Waals surface area (Å²) in [5.41, 5.74) is 1.06. The first-order chi connectivity index (χ1) is 11.6. The molecular formula is C18H29FN4O. The number of methoxy groups -OCH3 is 1. The van der Waals surface area contributed by atoms with Crippen LogP contribution in [0.3, 0.4) is 0 Å². The Morgan fingerprint density at radius 3 is 2.83 bits per heavy atom. The van der Waals surface area contributed by atoms with E-state index in [2.05, 4.69) is 20.1 Å². The van der Waals surface area contributed by atoms with Crippen LogP contribution in [0.1, 0.15) is 18.4 Å². The number of ether oxygens (including phenoxy) is 1. The molecule has 1 aliphatic heterocycles. The van der Waals surface area contributed by atoms with E-state index < -0.39 is 0 Å². The molecule has 1 aliphatic rings. The Morgan fingerprint density at radius 1 is 1.42 bits per heavy atom. The van der Waals surface area contributed by atoms with Gasteiger partial charge in [0, 0.05) is 46.9 Å². The van der Waals surface area contributed by atoms with Crippen LogP contribution in [-0.4, -0.2) is 69.2 Å². The maximum absolute atomic E-state index is 13.0. The second kappa shape index (κ2) is 9.59. The fraction of sp³-hybridized carbons (Fsp3) is 0.611. The Bertz CT molecular complexity index is 520. The molecule has 0 spiro atoms. The van der Waals surface area contributed by atoms with Crippen LogP contribution in [0.4, 0.5) is 4.39 Å². The first-order valence-electron chi connectivity index (χ1n) is 8.53. The van der Waals surface area contributed by atoms with Gasteiger partial charge in [-0.15, -0.1) is 0 Å². The fourth-order valence-electron chi connectivity index (χ4n) is 3.16. The maximum Gasteiger partial charge on any atom is 0.193 e. The van der Waals surface area contributed by atoms with Gasteiger partial charge in [-0.1, -0.05) is 12.1 Å². The predicted octanol–water partition coefficient (Wildman–Crippen LogP) is 1.94. The molecule has 1 unspecified atom stereocenters. The molecule has 1 aromatic rings. The highest BCUT2D eigenvalue weighted by atomic mass is 19.1. The lowest BCUT2D eigenvalue weighted by Gasteiger charge is -2.27. The third kappa shape index (κ3) is 5.46. The second-order valence-electron chi connectivity index (χ2n) is 6.24. The Hall–Kier alpha value is -1.66. The summed E-state index contributed by atoms with van der Waals surface area (Å²) in [6.45, 7) is 4.46. The highest BCUT2D eigenvalue weighted by Crippen LogP contribution is 2.16. The van der Waals surface area contributed by atoms with Crippen LogP contribution < -0.4 is 5.32 Å². The van der Waals surface area contributed by atoms with Crippen molar-refractivity contribution in [3.63, 3.8) is 0 Å². The van der Waals surface area contributed by atoms with Crippen molar-refractivity contribution in [3.8, 4) is 0 Å². The van der Waals surface area contributed by atoms with E-state index in [0.29, 0.717) is 12.6 Å². The number of hydrogen-bond donors (Lipinski definition) is 1. The molecule has 0 saturated carbocycles. The van der Waals surface area contributed by atoms with E-state index in [-0.39, 0.29) is 5.82 Å². The number of nitrogens with zero attached hydrogens (tertiary/aromatic N) is 3. The smallest absolute Gasteiger partial charge is 0.193 e. The van der Waals surface area contributed by atoms with Gasteiger partial charge in [0.1, 0.15) is 5.82 Å². The number of benzene rings is 1. The molecule has 2 rings (SSSR count). The molecule has 1 N–H and O–H groups in total. The van der Waals surface area contributed by atoms with Gasteiger partial charge in [0.2, 0.25) is 0 Å². The van der Waals surface area contributed by atoms with Gasteiger partial charge in [0.05, 0.1) is 6.61 Å². The highest BCUT2D eigenvalue weighted by molar-refractivity contribution is 5.79. The summed E-state index contributed by atoms with van der Waals surface area (Å²) in [6.07, 6.45) is 2.44. The van der Waals surface area contributed by atoms with Crippen LogP contribution in [0.15, 0.2) is 29.3 Å². The SMILES string of the molecule is CN=C(NCC1CCCN1CCOC)N(C)Cc1ccc(F)cc1. The minimum Gasteiger partial charge on any atom is -0.383 e. The fourth-order valence-corrected chi connectivity index (χ4v) is 3.16. The van der Waals surface area contributed by atoms with Crippen LogP contribution in [-0.2, 0) is 11.3 Å². The number of hydrogen-bond acceptors (Lipinski definition) is 3. The van der Waals surface area contributed by atoms with Crippen molar-refractivity contribution in [3.05, 3.63) is 35.6 Å². The van der Waals surface area contributed by atoms with E-state index in [1.54, 1.807) is 14.2 Å². The first-order valence-corrected chi connectivity index (χ1v) is 8.53. The molecule has 0 aromatic heterocycles. The van der Waals surface area contributed by atoms with Gasteiger partial charge >= 0.3 is 0 Å². The van der Waals surface area contributed by atoms with E-state index in [9.17, 15) is 4.39 Å². The Labute approximate surface area is 144 Å². The Morgan fingerprint density at radius 2 is 2.17 bits per heavy atom. The predicted molar refractivity (Wildman–Crippen MR) is 95.7 cm³/mol. The molecule has 24 heavy (non-hydrogen) atoms. The third-order valence-corrected chi connectivity index (χ3v) is 4.48. The van der Waals surface area contributed by atoms with Gasteiger partial charge in [0.25, 0.3) is 0 Å². The topological polar surface area (TPSA) is 40.1 Å². The minimum absolute atomic E-state index is 0.207.